The molecule has 1 fully saturated rings. The molecule has 2 heterocycles. The quantitative estimate of drug-likeness (QED) is 0.712. The van der Waals surface area contributed by atoms with Gasteiger partial charge < -0.3 is 10.1 Å². The molecule has 1 aromatic carbocycles. The summed E-state index contributed by atoms with van der Waals surface area (Å²) < 4.78 is 7.37. The van der Waals surface area contributed by atoms with Gasteiger partial charge in [0.15, 0.2) is 10.8 Å². The molecule has 130 valence electrons. The van der Waals surface area contributed by atoms with Crippen molar-refractivity contribution in [2.75, 3.05) is 7.11 Å². The molecule has 2 aromatic heterocycles. The van der Waals surface area contributed by atoms with E-state index in [9.17, 15) is 4.79 Å². The molecule has 0 aliphatic heterocycles. The summed E-state index contributed by atoms with van der Waals surface area (Å²) in [4.78, 5) is 12.3. The fourth-order valence-electron chi connectivity index (χ4n) is 2.86. The Morgan fingerprint density at radius 3 is 2.88 bits per heavy atom. The van der Waals surface area contributed by atoms with Crippen molar-refractivity contribution < 1.29 is 9.53 Å². The highest BCUT2D eigenvalue weighted by atomic mass is 32.2. The number of benzene rings is 1. The Morgan fingerprint density at radius 2 is 2.16 bits per heavy atom. The van der Waals surface area contributed by atoms with Gasteiger partial charge in [-0.2, -0.15) is 0 Å². The summed E-state index contributed by atoms with van der Waals surface area (Å²) in [6.45, 7) is 3.96. The van der Waals surface area contributed by atoms with Crippen LogP contribution in [0.2, 0.25) is 0 Å². The van der Waals surface area contributed by atoms with Gasteiger partial charge in [-0.05, 0) is 50.5 Å². The first-order chi connectivity index (χ1) is 12.1. The van der Waals surface area contributed by atoms with Gasteiger partial charge in [-0.15, -0.1) is 10.2 Å². The van der Waals surface area contributed by atoms with Crippen molar-refractivity contribution in [2.24, 2.45) is 0 Å². The maximum atomic E-state index is 12.3. The van der Waals surface area contributed by atoms with E-state index in [1.54, 1.807) is 7.11 Å². The van der Waals surface area contributed by atoms with Crippen LogP contribution in [0.1, 0.15) is 25.3 Å². The van der Waals surface area contributed by atoms with Gasteiger partial charge in [0.2, 0.25) is 5.91 Å². The number of carbonyl (C=O) groups is 1. The van der Waals surface area contributed by atoms with Gasteiger partial charge in [-0.25, -0.2) is 0 Å². The minimum Gasteiger partial charge on any atom is -0.497 e. The second-order valence-corrected chi connectivity index (χ2v) is 7.74. The number of rotatable bonds is 5. The van der Waals surface area contributed by atoms with Crippen molar-refractivity contribution in [2.45, 2.75) is 43.1 Å². The molecule has 1 saturated carbocycles. The van der Waals surface area contributed by atoms with E-state index in [-0.39, 0.29) is 11.2 Å². The van der Waals surface area contributed by atoms with Crippen molar-refractivity contribution in [1.29, 1.82) is 0 Å². The van der Waals surface area contributed by atoms with Crippen LogP contribution in [-0.4, -0.2) is 38.9 Å². The second kappa shape index (κ2) is 6.22. The van der Waals surface area contributed by atoms with Crippen molar-refractivity contribution in [3.63, 3.8) is 0 Å². The molecule has 25 heavy (non-hydrogen) atoms. The standard InChI is InChI=1S/C18H20N4O2S/c1-10-8-16-20-21-18(25-11(2)17(23)19-12-4-5-12)22(16)15-9-13(24-3)6-7-14(10)15/h6-9,11-12H,4-5H2,1-3H3,(H,19,23). The lowest BCUT2D eigenvalue weighted by molar-refractivity contribution is -0.120. The van der Waals surface area contributed by atoms with Gasteiger partial charge in [0.05, 0.1) is 17.9 Å². The lowest BCUT2D eigenvalue weighted by Crippen LogP contribution is -2.32. The molecule has 1 atom stereocenters. The van der Waals surface area contributed by atoms with E-state index in [1.807, 2.05) is 35.6 Å². The number of hydrogen-bond acceptors (Lipinski definition) is 5. The zero-order valence-corrected chi connectivity index (χ0v) is 15.3. The Kier molecular flexibility index (Phi) is 4.03. The summed E-state index contributed by atoms with van der Waals surface area (Å²) in [6, 6.07) is 8.35. The van der Waals surface area contributed by atoms with Crippen molar-refractivity contribution in [1.82, 2.24) is 19.9 Å². The number of aromatic nitrogens is 3. The predicted octanol–water partition coefficient (Wildman–Crippen LogP) is 2.96. The van der Waals surface area contributed by atoms with Gasteiger partial charge in [-0.3, -0.25) is 9.20 Å². The summed E-state index contributed by atoms with van der Waals surface area (Å²) in [5.41, 5.74) is 2.89. The number of hydrogen-bond donors (Lipinski definition) is 1. The van der Waals surface area contributed by atoms with Crippen LogP contribution in [-0.2, 0) is 4.79 Å². The van der Waals surface area contributed by atoms with E-state index in [4.69, 9.17) is 4.74 Å². The minimum atomic E-state index is -0.227. The molecule has 0 spiro atoms. The lowest BCUT2D eigenvalue weighted by atomic mass is 10.1. The SMILES string of the molecule is COc1ccc2c(C)cc3nnc(SC(C)C(=O)NC4CC4)n3c2c1. The van der Waals surface area contributed by atoms with Gasteiger partial charge >= 0.3 is 0 Å². The number of nitrogens with one attached hydrogen (secondary N) is 1. The fourth-order valence-corrected chi connectivity index (χ4v) is 3.74. The summed E-state index contributed by atoms with van der Waals surface area (Å²) in [7, 11) is 1.65. The normalized spacial score (nSPS) is 15.5. The summed E-state index contributed by atoms with van der Waals surface area (Å²) in [6.07, 6.45) is 2.17. The molecule has 6 nitrogen and oxygen atoms in total. The zero-order valence-electron chi connectivity index (χ0n) is 14.4. The average Bonchev–Trinajstić information content (AvgIpc) is 3.34. The van der Waals surface area contributed by atoms with Crippen LogP contribution in [0, 0.1) is 6.92 Å². The number of fused-ring (bicyclic) bond motifs is 3. The first-order valence-electron chi connectivity index (χ1n) is 8.36. The number of methoxy groups -OCH3 is 1. The van der Waals surface area contributed by atoms with Crippen LogP contribution in [0.3, 0.4) is 0 Å². The number of amides is 1. The molecule has 1 N–H and O–H groups in total. The van der Waals surface area contributed by atoms with Crippen molar-refractivity contribution in [3.05, 3.63) is 29.8 Å². The maximum Gasteiger partial charge on any atom is 0.233 e. The molecule has 4 rings (SSSR count). The first-order valence-corrected chi connectivity index (χ1v) is 9.24. The zero-order chi connectivity index (χ0) is 17.6. The number of ether oxygens (including phenoxy) is 1. The monoisotopic (exact) mass is 356 g/mol. The minimum absolute atomic E-state index is 0.0539. The van der Waals surface area contributed by atoms with E-state index in [0.29, 0.717) is 11.2 Å². The third-order valence-corrected chi connectivity index (χ3v) is 5.49. The van der Waals surface area contributed by atoms with Gasteiger partial charge in [0.25, 0.3) is 0 Å². The van der Waals surface area contributed by atoms with E-state index < -0.39 is 0 Å². The van der Waals surface area contributed by atoms with E-state index in [0.717, 1.165) is 40.7 Å². The molecule has 0 saturated heterocycles. The highest BCUT2D eigenvalue weighted by Crippen LogP contribution is 2.30. The van der Waals surface area contributed by atoms with Crippen LogP contribution < -0.4 is 10.1 Å². The average molecular weight is 356 g/mol. The molecule has 0 bridgehead atoms. The first kappa shape index (κ1) is 16.2. The molecule has 3 aromatic rings. The third kappa shape index (κ3) is 3.04. The van der Waals surface area contributed by atoms with Crippen LogP contribution in [0.4, 0.5) is 0 Å². The number of aryl methyl sites for hydroxylation is 1. The molecule has 1 amide bonds. The molecule has 1 aliphatic rings. The van der Waals surface area contributed by atoms with Gasteiger partial charge in [0.1, 0.15) is 5.75 Å². The predicted molar refractivity (Wildman–Crippen MR) is 98.3 cm³/mol. The highest BCUT2D eigenvalue weighted by molar-refractivity contribution is 8.00. The van der Waals surface area contributed by atoms with Gasteiger partial charge in [0, 0.05) is 17.5 Å². The Labute approximate surface area is 150 Å². The highest BCUT2D eigenvalue weighted by Gasteiger charge is 2.27. The van der Waals surface area contributed by atoms with Gasteiger partial charge in [-0.1, -0.05) is 11.8 Å². The van der Waals surface area contributed by atoms with Crippen LogP contribution >= 0.6 is 11.8 Å². The number of carbonyl (C=O) groups excluding carboxylic acids is 1. The van der Waals surface area contributed by atoms with Crippen molar-refractivity contribution >= 4 is 34.2 Å². The fraction of sp³-hybridized carbons (Fsp3) is 0.389. The van der Waals surface area contributed by atoms with Crippen LogP contribution in [0.25, 0.3) is 16.6 Å². The lowest BCUT2D eigenvalue weighted by Gasteiger charge is -2.12. The van der Waals surface area contributed by atoms with Crippen LogP contribution in [0.15, 0.2) is 29.4 Å². The number of nitrogens with zero attached hydrogens (tertiary/aromatic N) is 3. The molecule has 7 heteroatoms. The molecule has 1 unspecified atom stereocenters. The summed E-state index contributed by atoms with van der Waals surface area (Å²) in [5.74, 6) is 0.835. The Bertz CT molecular complexity index is 965. The number of thioether (sulfide) groups is 1. The van der Waals surface area contributed by atoms with E-state index in [1.165, 1.54) is 11.8 Å². The maximum absolute atomic E-state index is 12.3. The van der Waals surface area contributed by atoms with E-state index in [2.05, 4.69) is 22.4 Å². The molecule has 1 aliphatic carbocycles. The summed E-state index contributed by atoms with van der Waals surface area (Å²) >= 11 is 1.43. The van der Waals surface area contributed by atoms with Crippen molar-refractivity contribution in [3.8, 4) is 5.75 Å². The molecular weight excluding hydrogens is 336 g/mol. The Morgan fingerprint density at radius 1 is 1.36 bits per heavy atom. The Hall–Kier alpha value is -2.28. The van der Waals surface area contributed by atoms with E-state index >= 15 is 0 Å². The molecule has 0 radical (unpaired) electrons. The largest absolute Gasteiger partial charge is 0.497 e. The number of pyridine rings is 1. The Balaban J connectivity index is 1.76. The summed E-state index contributed by atoms with van der Waals surface area (Å²) in [5, 5.41) is 13.2. The second-order valence-electron chi connectivity index (χ2n) is 6.43. The third-order valence-electron chi connectivity index (χ3n) is 4.45. The topological polar surface area (TPSA) is 68.5 Å². The van der Waals surface area contributed by atoms with Crippen LogP contribution in [0.5, 0.6) is 5.75 Å². The molecular formula is C18H20N4O2S. The smallest absolute Gasteiger partial charge is 0.233 e.